The van der Waals surface area contributed by atoms with Crippen LogP contribution in [0.15, 0.2) is 18.2 Å². The van der Waals surface area contributed by atoms with Crippen LogP contribution in [0.5, 0.6) is 0 Å². The van der Waals surface area contributed by atoms with Gasteiger partial charge in [-0.25, -0.2) is 0 Å². The molecule has 0 radical (unpaired) electrons. The Bertz CT molecular complexity index is 360. The van der Waals surface area contributed by atoms with Gasteiger partial charge in [-0.05, 0) is 17.2 Å². The average molecular weight is 213 g/mol. The Labute approximate surface area is 86.3 Å². The van der Waals surface area contributed by atoms with E-state index >= 15 is 0 Å². The van der Waals surface area contributed by atoms with Crippen molar-refractivity contribution in [1.82, 2.24) is 0 Å². The second-order valence-electron chi connectivity index (χ2n) is 2.87. The third kappa shape index (κ3) is 2.85. The van der Waals surface area contributed by atoms with Gasteiger partial charge in [-0.15, -0.1) is 0 Å². The van der Waals surface area contributed by atoms with Gasteiger partial charge >= 0.3 is 5.97 Å². The van der Waals surface area contributed by atoms with Gasteiger partial charge in [-0.2, -0.15) is 0 Å². The standard InChI is InChI=1S/C10H9ClO3/c11-9-2-1-7(6-10(13)14)5-8(9)3-4-12/h1-2,4-5H,3,6H2,(H,13,14). The summed E-state index contributed by atoms with van der Waals surface area (Å²) in [5.74, 6) is -0.899. The van der Waals surface area contributed by atoms with Crippen molar-refractivity contribution >= 4 is 23.9 Å². The summed E-state index contributed by atoms with van der Waals surface area (Å²) in [4.78, 5) is 20.7. The first-order chi connectivity index (χ1) is 6.63. The van der Waals surface area contributed by atoms with E-state index in [-0.39, 0.29) is 12.8 Å². The lowest BCUT2D eigenvalue weighted by Gasteiger charge is -2.02. The number of carboxylic acids is 1. The van der Waals surface area contributed by atoms with Crippen molar-refractivity contribution in [1.29, 1.82) is 0 Å². The first-order valence-corrected chi connectivity index (χ1v) is 4.44. The van der Waals surface area contributed by atoms with Crippen molar-refractivity contribution in [2.75, 3.05) is 0 Å². The number of rotatable bonds is 4. The average Bonchev–Trinajstić information content (AvgIpc) is 2.10. The molecule has 1 aromatic rings. The minimum absolute atomic E-state index is 0.0526. The molecule has 0 saturated carbocycles. The number of hydrogen-bond acceptors (Lipinski definition) is 2. The van der Waals surface area contributed by atoms with Gasteiger partial charge in [0.1, 0.15) is 6.29 Å². The lowest BCUT2D eigenvalue weighted by molar-refractivity contribution is -0.136. The number of aldehydes is 1. The van der Waals surface area contributed by atoms with Crippen LogP contribution < -0.4 is 0 Å². The van der Waals surface area contributed by atoms with Gasteiger partial charge in [0.2, 0.25) is 0 Å². The zero-order chi connectivity index (χ0) is 10.6. The summed E-state index contributed by atoms with van der Waals surface area (Å²) in [6.07, 6.45) is 0.904. The number of benzene rings is 1. The van der Waals surface area contributed by atoms with Crippen molar-refractivity contribution in [2.45, 2.75) is 12.8 Å². The van der Waals surface area contributed by atoms with Gasteiger partial charge in [0, 0.05) is 11.4 Å². The van der Waals surface area contributed by atoms with Gasteiger partial charge in [-0.3, -0.25) is 4.79 Å². The second kappa shape index (κ2) is 4.77. The lowest BCUT2D eigenvalue weighted by Crippen LogP contribution is -2.01. The highest BCUT2D eigenvalue weighted by molar-refractivity contribution is 6.31. The first kappa shape index (κ1) is 10.7. The van der Waals surface area contributed by atoms with E-state index in [2.05, 4.69) is 0 Å². The van der Waals surface area contributed by atoms with Gasteiger partial charge in [-0.1, -0.05) is 23.7 Å². The largest absolute Gasteiger partial charge is 0.481 e. The number of carbonyl (C=O) groups excluding carboxylic acids is 1. The Hall–Kier alpha value is -1.35. The minimum Gasteiger partial charge on any atom is -0.481 e. The molecule has 0 aliphatic rings. The van der Waals surface area contributed by atoms with E-state index < -0.39 is 5.97 Å². The lowest BCUT2D eigenvalue weighted by atomic mass is 10.1. The summed E-state index contributed by atoms with van der Waals surface area (Å²) in [6, 6.07) is 4.90. The third-order valence-corrected chi connectivity index (χ3v) is 2.14. The van der Waals surface area contributed by atoms with E-state index in [0.29, 0.717) is 16.1 Å². The molecule has 0 fully saturated rings. The number of carboxylic acid groups (broad SMARTS) is 1. The third-order valence-electron chi connectivity index (χ3n) is 1.77. The normalized spacial score (nSPS) is 9.79. The number of halogens is 1. The van der Waals surface area contributed by atoms with Crippen LogP contribution >= 0.6 is 11.6 Å². The Morgan fingerprint density at radius 1 is 1.50 bits per heavy atom. The van der Waals surface area contributed by atoms with E-state index in [4.69, 9.17) is 16.7 Å². The van der Waals surface area contributed by atoms with E-state index in [1.165, 1.54) is 0 Å². The molecule has 0 aliphatic carbocycles. The fourth-order valence-electron chi connectivity index (χ4n) is 1.16. The Morgan fingerprint density at radius 2 is 2.21 bits per heavy atom. The summed E-state index contributed by atoms with van der Waals surface area (Å²) in [5, 5.41) is 9.05. The summed E-state index contributed by atoms with van der Waals surface area (Å²) in [5.41, 5.74) is 1.32. The van der Waals surface area contributed by atoms with E-state index in [9.17, 15) is 9.59 Å². The quantitative estimate of drug-likeness (QED) is 0.773. The van der Waals surface area contributed by atoms with Gasteiger partial charge in [0.25, 0.3) is 0 Å². The van der Waals surface area contributed by atoms with Crippen LogP contribution in [0, 0.1) is 0 Å². The molecular weight excluding hydrogens is 204 g/mol. The molecule has 1 rings (SSSR count). The molecule has 0 bridgehead atoms. The van der Waals surface area contributed by atoms with Crippen molar-refractivity contribution in [3.63, 3.8) is 0 Å². The molecule has 4 heteroatoms. The molecule has 3 nitrogen and oxygen atoms in total. The summed E-state index contributed by atoms with van der Waals surface area (Å²) < 4.78 is 0. The van der Waals surface area contributed by atoms with Crippen LogP contribution in [0.1, 0.15) is 11.1 Å². The maximum absolute atomic E-state index is 10.4. The molecule has 0 atom stereocenters. The van der Waals surface area contributed by atoms with Crippen molar-refractivity contribution in [2.24, 2.45) is 0 Å². The predicted octanol–water partition coefficient (Wildman–Crippen LogP) is 1.71. The number of aliphatic carboxylic acids is 1. The molecule has 74 valence electrons. The maximum atomic E-state index is 10.4. The molecule has 1 N–H and O–H groups in total. The van der Waals surface area contributed by atoms with Crippen LogP contribution in [-0.2, 0) is 22.4 Å². The van der Waals surface area contributed by atoms with Crippen molar-refractivity contribution < 1.29 is 14.7 Å². The van der Waals surface area contributed by atoms with Crippen LogP contribution in [0.3, 0.4) is 0 Å². The predicted molar refractivity (Wildman–Crippen MR) is 52.6 cm³/mol. The topological polar surface area (TPSA) is 54.4 Å². The van der Waals surface area contributed by atoms with Crippen LogP contribution in [-0.4, -0.2) is 17.4 Å². The number of carbonyl (C=O) groups is 2. The fraction of sp³-hybridized carbons (Fsp3) is 0.200. The molecule has 14 heavy (non-hydrogen) atoms. The van der Waals surface area contributed by atoms with Gasteiger partial charge in [0.05, 0.1) is 6.42 Å². The monoisotopic (exact) mass is 212 g/mol. The molecule has 0 spiro atoms. The summed E-state index contributed by atoms with van der Waals surface area (Å²) in [7, 11) is 0. The molecule has 1 aromatic carbocycles. The summed E-state index contributed by atoms with van der Waals surface area (Å²) >= 11 is 5.81. The highest BCUT2D eigenvalue weighted by atomic mass is 35.5. The molecule has 0 aromatic heterocycles. The zero-order valence-electron chi connectivity index (χ0n) is 7.37. The second-order valence-corrected chi connectivity index (χ2v) is 3.27. The van der Waals surface area contributed by atoms with Crippen LogP contribution in [0.4, 0.5) is 0 Å². The zero-order valence-corrected chi connectivity index (χ0v) is 8.12. The van der Waals surface area contributed by atoms with E-state index in [1.54, 1.807) is 18.2 Å². The van der Waals surface area contributed by atoms with E-state index in [1.807, 2.05) is 0 Å². The molecular formula is C10H9ClO3. The minimum atomic E-state index is -0.899. The Kier molecular flexibility index (Phi) is 3.65. The molecule has 0 saturated heterocycles. The van der Waals surface area contributed by atoms with E-state index in [0.717, 1.165) is 6.29 Å². The smallest absolute Gasteiger partial charge is 0.307 e. The first-order valence-electron chi connectivity index (χ1n) is 4.06. The highest BCUT2D eigenvalue weighted by Gasteiger charge is 2.04. The van der Waals surface area contributed by atoms with Crippen LogP contribution in [0.25, 0.3) is 0 Å². The van der Waals surface area contributed by atoms with Gasteiger partial charge in [0.15, 0.2) is 0 Å². The number of hydrogen-bond donors (Lipinski definition) is 1. The van der Waals surface area contributed by atoms with Crippen molar-refractivity contribution in [3.05, 3.63) is 34.3 Å². The van der Waals surface area contributed by atoms with Crippen LogP contribution in [0.2, 0.25) is 5.02 Å². The fourth-order valence-corrected chi connectivity index (χ4v) is 1.35. The van der Waals surface area contributed by atoms with Gasteiger partial charge < -0.3 is 9.90 Å². The van der Waals surface area contributed by atoms with Crippen molar-refractivity contribution in [3.8, 4) is 0 Å². The maximum Gasteiger partial charge on any atom is 0.307 e. The molecule has 0 amide bonds. The highest BCUT2D eigenvalue weighted by Crippen LogP contribution is 2.18. The molecule has 0 aliphatic heterocycles. The summed E-state index contributed by atoms with van der Waals surface area (Å²) in [6.45, 7) is 0. The Balaban J connectivity index is 2.93. The molecule has 0 unspecified atom stereocenters. The molecule has 0 heterocycles. The SMILES string of the molecule is O=CCc1cc(CC(=O)O)ccc1Cl. The Morgan fingerprint density at radius 3 is 2.79 bits per heavy atom.